The Morgan fingerprint density at radius 1 is 1.00 bits per heavy atom. The highest BCUT2D eigenvalue weighted by atomic mass is 32.2. The number of sulfonamides is 1. The summed E-state index contributed by atoms with van der Waals surface area (Å²) in [5.41, 5.74) is 8.20. The zero-order valence-corrected chi connectivity index (χ0v) is 15.3. The van der Waals surface area contributed by atoms with Crippen LogP contribution in [0.5, 0.6) is 0 Å². The molecule has 0 radical (unpaired) electrons. The van der Waals surface area contributed by atoms with E-state index in [1.165, 1.54) is 4.31 Å². The van der Waals surface area contributed by atoms with E-state index in [0.29, 0.717) is 17.7 Å². The molecule has 136 valence electrons. The van der Waals surface area contributed by atoms with Gasteiger partial charge in [-0.1, -0.05) is 54.6 Å². The van der Waals surface area contributed by atoms with Crippen LogP contribution in [0.2, 0.25) is 0 Å². The topological polar surface area (TPSA) is 80.5 Å². The molecule has 0 aromatic heterocycles. The van der Waals surface area contributed by atoms with Gasteiger partial charge >= 0.3 is 0 Å². The molecule has 1 aliphatic rings. The van der Waals surface area contributed by atoms with Crippen molar-refractivity contribution in [1.82, 2.24) is 4.31 Å². The van der Waals surface area contributed by atoms with Crippen molar-refractivity contribution in [3.05, 3.63) is 76.2 Å². The maximum absolute atomic E-state index is 13.2. The summed E-state index contributed by atoms with van der Waals surface area (Å²) in [6, 6.07) is 17.2. The normalized spacial score (nSPS) is 14.0. The molecule has 6 heteroatoms. The first-order valence-electron chi connectivity index (χ1n) is 8.57. The highest BCUT2D eigenvalue weighted by Crippen LogP contribution is 2.29. The Kier molecular flexibility index (Phi) is 5.54. The molecule has 0 bridgehead atoms. The second-order valence-electron chi connectivity index (χ2n) is 6.35. The molecule has 0 unspecified atom stereocenters. The Morgan fingerprint density at radius 3 is 2.42 bits per heavy atom. The van der Waals surface area contributed by atoms with E-state index in [-0.39, 0.29) is 19.5 Å². The van der Waals surface area contributed by atoms with Gasteiger partial charge in [-0.25, -0.2) is 8.42 Å². The van der Waals surface area contributed by atoms with Gasteiger partial charge in [0, 0.05) is 19.5 Å². The van der Waals surface area contributed by atoms with Crippen molar-refractivity contribution in [2.24, 2.45) is 5.73 Å². The lowest BCUT2D eigenvalue weighted by Crippen LogP contribution is -2.35. The van der Waals surface area contributed by atoms with Crippen LogP contribution in [0.15, 0.2) is 59.5 Å². The molecule has 5 nitrogen and oxygen atoms in total. The van der Waals surface area contributed by atoms with Crippen molar-refractivity contribution in [1.29, 1.82) is 0 Å². The number of benzene rings is 2. The second kappa shape index (κ2) is 7.85. The minimum absolute atomic E-state index is 0.00404. The van der Waals surface area contributed by atoms with E-state index in [9.17, 15) is 13.2 Å². The van der Waals surface area contributed by atoms with Crippen molar-refractivity contribution >= 4 is 22.0 Å². The van der Waals surface area contributed by atoms with E-state index in [0.717, 1.165) is 16.7 Å². The average molecular weight is 370 g/mol. The van der Waals surface area contributed by atoms with Crippen LogP contribution < -0.4 is 5.73 Å². The summed E-state index contributed by atoms with van der Waals surface area (Å²) < 4.78 is 27.8. The van der Waals surface area contributed by atoms with Crippen molar-refractivity contribution in [2.75, 3.05) is 6.54 Å². The molecular formula is C20H22N2O3S. The molecule has 1 aliphatic carbocycles. The van der Waals surface area contributed by atoms with E-state index in [2.05, 4.69) is 0 Å². The van der Waals surface area contributed by atoms with E-state index in [1.807, 2.05) is 54.6 Å². The number of nitrogens with two attached hydrogens (primary N) is 1. The van der Waals surface area contributed by atoms with Gasteiger partial charge in [0.25, 0.3) is 0 Å². The minimum atomic E-state index is -3.67. The molecule has 26 heavy (non-hydrogen) atoms. The lowest BCUT2D eigenvalue weighted by atomic mass is 9.98. The average Bonchev–Trinajstić information content (AvgIpc) is 2.65. The molecule has 2 N–H and O–H groups in total. The minimum Gasteiger partial charge on any atom is -0.370 e. The Morgan fingerprint density at radius 2 is 1.69 bits per heavy atom. The smallest absolute Gasteiger partial charge is 0.239 e. The molecule has 0 atom stereocenters. The maximum atomic E-state index is 13.2. The van der Waals surface area contributed by atoms with E-state index < -0.39 is 15.9 Å². The maximum Gasteiger partial charge on any atom is 0.239 e. The number of allylic oxidation sites excluding steroid dienone is 1. The van der Waals surface area contributed by atoms with E-state index in [4.69, 9.17) is 5.73 Å². The van der Waals surface area contributed by atoms with Crippen molar-refractivity contribution in [2.45, 2.75) is 25.8 Å². The number of aryl methyl sites for hydroxylation is 1. The van der Waals surface area contributed by atoms with E-state index >= 15 is 0 Å². The number of rotatable bonds is 7. The van der Waals surface area contributed by atoms with Crippen LogP contribution in [-0.4, -0.2) is 25.2 Å². The second-order valence-corrected chi connectivity index (χ2v) is 8.34. The number of carbonyl (C=O) groups excluding carboxylic acids is 1. The Hall–Kier alpha value is -2.44. The summed E-state index contributed by atoms with van der Waals surface area (Å²) in [7, 11) is -3.67. The number of amides is 1. The predicted octanol–water partition coefficient (Wildman–Crippen LogP) is 2.68. The number of hydrogen-bond donors (Lipinski definition) is 1. The first-order chi connectivity index (χ1) is 12.5. The molecule has 1 amide bonds. The molecule has 0 spiro atoms. The Bertz CT molecular complexity index is 921. The summed E-state index contributed by atoms with van der Waals surface area (Å²) in [5.74, 6) is -0.513. The van der Waals surface area contributed by atoms with Crippen LogP contribution in [-0.2, 0) is 27.8 Å². The van der Waals surface area contributed by atoms with Gasteiger partial charge in [0.05, 0.1) is 4.91 Å². The molecule has 0 aliphatic heterocycles. The van der Waals surface area contributed by atoms with Crippen LogP contribution in [0, 0.1) is 0 Å². The lowest BCUT2D eigenvalue weighted by molar-refractivity contribution is -0.118. The summed E-state index contributed by atoms with van der Waals surface area (Å²) >= 11 is 0. The number of nitrogens with zero attached hydrogens (tertiary/aromatic N) is 1. The first-order valence-corrected chi connectivity index (χ1v) is 10.0. The molecule has 0 fully saturated rings. The van der Waals surface area contributed by atoms with Crippen LogP contribution in [0.4, 0.5) is 0 Å². The summed E-state index contributed by atoms with van der Waals surface area (Å²) in [5, 5.41) is 0. The molecule has 3 rings (SSSR count). The quantitative estimate of drug-likeness (QED) is 0.814. The summed E-state index contributed by atoms with van der Waals surface area (Å²) in [6.45, 7) is 0.293. The standard InChI is InChI=1S/C20H22N2O3S/c21-20(23)12-13-22(15-16-6-2-1-3-7-16)26(24,25)19-11-10-17-8-4-5-9-18(17)14-19/h1-9,14H,10-13,15H2,(H2,21,23). The van der Waals surface area contributed by atoms with Gasteiger partial charge in [-0.15, -0.1) is 0 Å². The monoisotopic (exact) mass is 370 g/mol. The Labute approximate surface area is 154 Å². The number of carbonyl (C=O) groups is 1. The fourth-order valence-corrected chi connectivity index (χ4v) is 4.70. The van der Waals surface area contributed by atoms with Crippen LogP contribution in [0.25, 0.3) is 6.08 Å². The van der Waals surface area contributed by atoms with Gasteiger partial charge in [-0.3, -0.25) is 4.79 Å². The van der Waals surface area contributed by atoms with Crippen LogP contribution in [0.1, 0.15) is 29.5 Å². The molecular weight excluding hydrogens is 348 g/mol. The lowest BCUT2D eigenvalue weighted by Gasteiger charge is -2.25. The number of hydrogen-bond acceptors (Lipinski definition) is 3. The van der Waals surface area contributed by atoms with Gasteiger partial charge in [0.1, 0.15) is 0 Å². The van der Waals surface area contributed by atoms with Crippen molar-refractivity contribution < 1.29 is 13.2 Å². The van der Waals surface area contributed by atoms with Crippen molar-refractivity contribution in [3.63, 3.8) is 0 Å². The number of fused-ring (bicyclic) bond motifs is 1. The van der Waals surface area contributed by atoms with Gasteiger partial charge in [-0.05, 0) is 35.6 Å². The SMILES string of the molecule is NC(=O)CCN(Cc1ccccc1)S(=O)(=O)C1=Cc2ccccc2CC1. The zero-order chi connectivity index (χ0) is 18.6. The Balaban J connectivity index is 1.91. The van der Waals surface area contributed by atoms with Gasteiger partial charge in [-0.2, -0.15) is 4.31 Å². The fraction of sp³-hybridized carbons (Fsp3) is 0.250. The van der Waals surface area contributed by atoms with Crippen molar-refractivity contribution in [3.8, 4) is 0 Å². The van der Waals surface area contributed by atoms with Crippen LogP contribution >= 0.6 is 0 Å². The largest absolute Gasteiger partial charge is 0.370 e. The molecule has 2 aromatic carbocycles. The summed E-state index contributed by atoms with van der Waals surface area (Å²) in [6.07, 6.45) is 2.89. The van der Waals surface area contributed by atoms with Gasteiger partial charge in [0.2, 0.25) is 15.9 Å². The van der Waals surface area contributed by atoms with Gasteiger partial charge < -0.3 is 5.73 Å². The zero-order valence-electron chi connectivity index (χ0n) is 14.5. The first kappa shape index (κ1) is 18.4. The third-order valence-electron chi connectivity index (χ3n) is 4.49. The molecule has 2 aromatic rings. The van der Waals surface area contributed by atoms with Crippen LogP contribution in [0.3, 0.4) is 0 Å². The number of primary amides is 1. The molecule has 0 heterocycles. The molecule has 0 saturated heterocycles. The predicted molar refractivity (Wildman–Crippen MR) is 102 cm³/mol. The highest BCUT2D eigenvalue weighted by Gasteiger charge is 2.29. The fourth-order valence-electron chi connectivity index (χ4n) is 3.08. The molecule has 0 saturated carbocycles. The third-order valence-corrected chi connectivity index (χ3v) is 6.47. The van der Waals surface area contributed by atoms with Gasteiger partial charge in [0.15, 0.2) is 0 Å². The highest BCUT2D eigenvalue weighted by molar-refractivity contribution is 7.93. The summed E-state index contributed by atoms with van der Waals surface area (Å²) in [4.78, 5) is 11.6. The van der Waals surface area contributed by atoms with E-state index in [1.54, 1.807) is 6.08 Å². The third kappa shape index (κ3) is 4.20.